The van der Waals surface area contributed by atoms with E-state index in [-0.39, 0.29) is 0 Å². The maximum atomic E-state index is 5.03. The Balaban J connectivity index is 2.30. The molecule has 0 aliphatic rings. The Morgan fingerprint density at radius 3 is 2.85 bits per heavy atom. The first-order valence-electron chi connectivity index (χ1n) is 7.26. The van der Waals surface area contributed by atoms with Gasteiger partial charge in [0.1, 0.15) is 0 Å². The molecule has 0 unspecified atom stereocenters. The number of guanidine groups is 1. The number of nitrogens with one attached hydrogen (secondary N) is 2. The normalized spacial score (nSPS) is 11.7. The molecule has 0 saturated carbocycles. The summed E-state index contributed by atoms with van der Waals surface area (Å²) in [6, 6.07) is 1.98. The fourth-order valence-electron chi connectivity index (χ4n) is 1.81. The molecule has 0 amide bonds. The van der Waals surface area contributed by atoms with Gasteiger partial charge in [0.2, 0.25) is 0 Å². The van der Waals surface area contributed by atoms with E-state index < -0.39 is 0 Å². The molecule has 0 aromatic carbocycles. The van der Waals surface area contributed by atoms with Crippen LogP contribution in [0.25, 0.3) is 0 Å². The second kappa shape index (κ2) is 10.3. The highest BCUT2D eigenvalue weighted by atomic mass is 16.5. The van der Waals surface area contributed by atoms with E-state index in [9.17, 15) is 0 Å². The molecule has 0 aliphatic carbocycles. The van der Waals surface area contributed by atoms with Gasteiger partial charge in [-0.05, 0) is 32.3 Å². The van der Waals surface area contributed by atoms with Gasteiger partial charge in [0, 0.05) is 40.1 Å². The zero-order chi connectivity index (χ0) is 14.6. The molecule has 2 N–H and O–H groups in total. The number of aromatic nitrogens is 2. The van der Waals surface area contributed by atoms with Crippen molar-refractivity contribution >= 4 is 5.96 Å². The van der Waals surface area contributed by atoms with Crippen molar-refractivity contribution in [1.82, 2.24) is 20.4 Å². The Bertz CT molecular complexity index is 389. The van der Waals surface area contributed by atoms with Crippen LogP contribution in [-0.4, -0.2) is 42.5 Å². The molecule has 1 aromatic heterocycles. The van der Waals surface area contributed by atoms with Crippen molar-refractivity contribution in [3.05, 3.63) is 18.0 Å². The van der Waals surface area contributed by atoms with E-state index in [1.54, 1.807) is 13.3 Å². The third kappa shape index (κ3) is 6.56. The monoisotopic (exact) mass is 281 g/mol. The van der Waals surface area contributed by atoms with E-state index in [0.29, 0.717) is 6.54 Å². The molecule has 6 heteroatoms. The van der Waals surface area contributed by atoms with Crippen molar-refractivity contribution in [2.45, 2.75) is 32.7 Å². The van der Waals surface area contributed by atoms with Gasteiger partial charge in [-0.1, -0.05) is 0 Å². The lowest BCUT2D eigenvalue weighted by Gasteiger charge is -2.11. The highest BCUT2D eigenvalue weighted by molar-refractivity contribution is 5.79. The molecule has 0 bridgehead atoms. The minimum Gasteiger partial charge on any atom is -0.385 e. The summed E-state index contributed by atoms with van der Waals surface area (Å²) in [6.07, 6.45) is 5.20. The van der Waals surface area contributed by atoms with Crippen LogP contribution in [0, 0.1) is 0 Å². The fourth-order valence-corrected chi connectivity index (χ4v) is 1.81. The molecule has 114 valence electrons. The van der Waals surface area contributed by atoms with Gasteiger partial charge < -0.3 is 15.4 Å². The van der Waals surface area contributed by atoms with Crippen molar-refractivity contribution in [2.75, 3.05) is 26.8 Å². The summed E-state index contributed by atoms with van der Waals surface area (Å²) in [5.74, 6) is 0.862. The maximum Gasteiger partial charge on any atom is 0.191 e. The molecular weight excluding hydrogens is 254 g/mol. The number of aliphatic imine (C=N–C) groups is 1. The van der Waals surface area contributed by atoms with Gasteiger partial charge in [-0.25, -0.2) is 4.99 Å². The second-order valence-corrected chi connectivity index (χ2v) is 4.62. The number of ether oxygens (including phenoxy) is 1. The molecule has 0 spiro atoms. The van der Waals surface area contributed by atoms with E-state index in [2.05, 4.69) is 27.6 Å². The van der Waals surface area contributed by atoms with Gasteiger partial charge >= 0.3 is 0 Å². The van der Waals surface area contributed by atoms with E-state index in [0.717, 1.165) is 44.2 Å². The van der Waals surface area contributed by atoms with Crippen LogP contribution in [0.2, 0.25) is 0 Å². The molecule has 20 heavy (non-hydrogen) atoms. The molecule has 0 radical (unpaired) electrons. The summed E-state index contributed by atoms with van der Waals surface area (Å²) in [4.78, 5) is 4.56. The van der Waals surface area contributed by atoms with Crippen LogP contribution in [0.3, 0.4) is 0 Å². The molecule has 6 nitrogen and oxygen atoms in total. The predicted octanol–water partition coefficient (Wildman–Crippen LogP) is 1.29. The fraction of sp³-hybridized carbons (Fsp3) is 0.714. The molecular formula is C14H27N5O. The summed E-state index contributed by atoms with van der Waals surface area (Å²) in [7, 11) is 3.67. The highest BCUT2D eigenvalue weighted by Gasteiger charge is 2.00. The Hall–Kier alpha value is -1.56. The summed E-state index contributed by atoms with van der Waals surface area (Å²) < 4.78 is 6.88. The minimum absolute atomic E-state index is 0.634. The quantitative estimate of drug-likeness (QED) is 0.407. The Morgan fingerprint density at radius 2 is 2.20 bits per heavy atom. The van der Waals surface area contributed by atoms with Crippen LogP contribution in [-0.2, 0) is 18.3 Å². The van der Waals surface area contributed by atoms with Crippen LogP contribution in [0.4, 0.5) is 0 Å². The van der Waals surface area contributed by atoms with Gasteiger partial charge in [-0.15, -0.1) is 0 Å². The van der Waals surface area contributed by atoms with Crippen LogP contribution in [0.15, 0.2) is 17.3 Å². The smallest absolute Gasteiger partial charge is 0.191 e. The first-order chi connectivity index (χ1) is 9.77. The number of unbranched alkanes of at least 4 members (excludes halogenated alkanes) is 2. The SMILES string of the molecule is CCNC(=NCc1ccnn1C)NCCCCCOC. The zero-order valence-electron chi connectivity index (χ0n) is 12.9. The Kier molecular flexibility index (Phi) is 8.46. The average Bonchev–Trinajstić information content (AvgIpc) is 2.85. The lowest BCUT2D eigenvalue weighted by molar-refractivity contribution is 0.192. The van der Waals surface area contributed by atoms with Gasteiger partial charge in [0.15, 0.2) is 5.96 Å². The molecule has 0 atom stereocenters. The zero-order valence-corrected chi connectivity index (χ0v) is 12.9. The van der Waals surface area contributed by atoms with Crippen LogP contribution < -0.4 is 10.6 Å². The number of hydrogen-bond donors (Lipinski definition) is 2. The summed E-state index contributed by atoms with van der Waals surface area (Å²) in [5.41, 5.74) is 1.10. The molecule has 1 rings (SSSR count). The van der Waals surface area contributed by atoms with Crippen LogP contribution in [0.1, 0.15) is 31.9 Å². The first kappa shape index (κ1) is 16.5. The number of rotatable bonds is 9. The number of hydrogen-bond acceptors (Lipinski definition) is 3. The Morgan fingerprint density at radius 1 is 1.35 bits per heavy atom. The average molecular weight is 281 g/mol. The first-order valence-corrected chi connectivity index (χ1v) is 7.26. The molecule has 1 heterocycles. The number of nitrogens with zero attached hydrogens (tertiary/aromatic N) is 3. The van der Waals surface area contributed by atoms with Crippen molar-refractivity contribution in [3.63, 3.8) is 0 Å². The van der Waals surface area contributed by atoms with E-state index in [1.807, 2.05) is 17.8 Å². The minimum atomic E-state index is 0.634. The lowest BCUT2D eigenvalue weighted by Crippen LogP contribution is -2.37. The van der Waals surface area contributed by atoms with Gasteiger partial charge in [0.05, 0.1) is 12.2 Å². The van der Waals surface area contributed by atoms with E-state index >= 15 is 0 Å². The van der Waals surface area contributed by atoms with E-state index in [4.69, 9.17) is 4.74 Å². The van der Waals surface area contributed by atoms with Crippen molar-refractivity contribution < 1.29 is 4.74 Å². The molecule has 0 aliphatic heterocycles. The largest absolute Gasteiger partial charge is 0.385 e. The maximum absolute atomic E-state index is 5.03. The molecule has 0 saturated heterocycles. The summed E-state index contributed by atoms with van der Waals surface area (Å²) in [5, 5.41) is 10.7. The summed E-state index contributed by atoms with van der Waals surface area (Å²) in [6.45, 7) is 5.34. The van der Waals surface area contributed by atoms with Gasteiger partial charge in [-0.3, -0.25) is 4.68 Å². The van der Waals surface area contributed by atoms with Gasteiger partial charge in [0.25, 0.3) is 0 Å². The predicted molar refractivity (Wildman–Crippen MR) is 81.8 cm³/mol. The van der Waals surface area contributed by atoms with E-state index in [1.165, 1.54) is 6.42 Å². The number of methoxy groups -OCH3 is 1. The highest BCUT2D eigenvalue weighted by Crippen LogP contribution is 1.98. The number of aryl methyl sites for hydroxylation is 1. The third-order valence-electron chi connectivity index (χ3n) is 2.98. The van der Waals surface area contributed by atoms with Gasteiger partial charge in [-0.2, -0.15) is 5.10 Å². The lowest BCUT2D eigenvalue weighted by atomic mass is 10.2. The standard InChI is InChI=1S/C14H27N5O/c1-4-15-14(16-9-6-5-7-11-20-3)17-12-13-8-10-18-19(13)2/h8,10H,4-7,9,11-12H2,1-3H3,(H2,15,16,17). The van der Waals surface area contributed by atoms with Crippen molar-refractivity contribution in [2.24, 2.45) is 12.0 Å². The summed E-state index contributed by atoms with van der Waals surface area (Å²) >= 11 is 0. The second-order valence-electron chi connectivity index (χ2n) is 4.62. The van der Waals surface area contributed by atoms with Crippen molar-refractivity contribution in [3.8, 4) is 0 Å². The van der Waals surface area contributed by atoms with Crippen LogP contribution in [0.5, 0.6) is 0 Å². The Labute approximate surface area is 121 Å². The van der Waals surface area contributed by atoms with Crippen molar-refractivity contribution in [1.29, 1.82) is 0 Å². The van der Waals surface area contributed by atoms with Crippen LogP contribution >= 0.6 is 0 Å². The molecule has 0 fully saturated rings. The third-order valence-corrected chi connectivity index (χ3v) is 2.98. The topological polar surface area (TPSA) is 63.5 Å². The molecule has 1 aromatic rings.